The number of hydrogen-bond donors (Lipinski definition) is 1. The van der Waals surface area contributed by atoms with Crippen molar-refractivity contribution in [2.45, 2.75) is 25.2 Å². The summed E-state index contributed by atoms with van der Waals surface area (Å²) >= 11 is 0. The summed E-state index contributed by atoms with van der Waals surface area (Å²) in [7, 11) is -6.88. The lowest BCUT2D eigenvalue weighted by atomic mass is 10.1. The highest BCUT2D eigenvalue weighted by molar-refractivity contribution is 7.90. The maximum Gasteiger partial charge on any atom is 0.241 e. The lowest BCUT2D eigenvalue weighted by Crippen LogP contribution is -2.27. The van der Waals surface area contributed by atoms with Crippen molar-refractivity contribution in [3.63, 3.8) is 0 Å². The van der Waals surface area contributed by atoms with Crippen LogP contribution < -0.4 is 4.72 Å². The molecule has 0 spiro atoms. The van der Waals surface area contributed by atoms with Crippen molar-refractivity contribution in [2.75, 3.05) is 18.6 Å². The predicted octanol–water partition coefficient (Wildman–Crippen LogP) is 1.16. The molecule has 8 heteroatoms. The van der Waals surface area contributed by atoms with E-state index in [9.17, 15) is 21.2 Å². The molecule has 0 saturated carbocycles. The Labute approximate surface area is 119 Å². The molecule has 0 heterocycles. The van der Waals surface area contributed by atoms with E-state index in [2.05, 4.69) is 4.72 Å². The highest BCUT2D eigenvalue weighted by atomic mass is 32.2. The number of sulfonamides is 1. The molecule has 1 aromatic rings. The number of nitrogens with one attached hydrogen (secondary N) is 1. The molecule has 0 aliphatic rings. The molecule has 0 atom stereocenters. The standard InChI is InChI=1S/C12H18FNO4S2/c1-9-7-11(13)8-10(2)12(9)20(17,18)14-5-4-6-19(3,15)16/h7-8,14H,4-6H2,1-3H3. The first-order valence-corrected chi connectivity index (χ1v) is 9.51. The van der Waals surface area contributed by atoms with E-state index >= 15 is 0 Å². The monoisotopic (exact) mass is 323 g/mol. The van der Waals surface area contributed by atoms with Gasteiger partial charge in [-0.3, -0.25) is 0 Å². The minimum atomic E-state index is -3.77. The fraction of sp³-hybridized carbons (Fsp3) is 0.500. The van der Waals surface area contributed by atoms with Crippen LogP contribution in [-0.4, -0.2) is 35.4 Å². The van der Waals surface area contributed by atoms with Crippen molar-refractivity contribution in [1.82, 2.24) is 4.72 Å². The summed E-state index contributed by atoms with van der Waals surface area (Å²) in [6.07, 6.45) is 1.28. The quantitative estimate of drug-likeness (QED) is 0.797. The average molecular weight is 323 g/mol. The largest absolute Gasteiger partial charge is 0.241 e. The fourth-order valence-corrected chi connectivity index (χ4v) is 4.13. The number of hydrogen-bond acceptors (Lipinski definition) is 4. The number of rotatable bonds is 6. The SMILES string of the molecule is Cc1cc(F)cc(C)c1S(=O)(=O)NCCCS(C)(=O)=O. The molecule has 0 aliphatic carbocycles. The average Bonchev–Trinajstić information content (AvgIpc) is 2.21. The molecule has 20 heavy (non-hydrogen) atoms. The van der Waals surface area contributed by atoms with E-state index in [4.69, 9.17) is 0 Å². The molecular formula is C12H18FNO4S2. The molecule has 0 saturated heterocycles. The lowest BCUT2D eigenvalue weighted by Gasteiger charge is -2.12. The van der Waals surface area contributed by atoms with Gasteiger partial charge >= 0.3 is 0 Å². The zero-order valence-electron chi connectivity index (χ0n) is 11.6. The van der Waals surface area contributed by atoms with Crippen LogP contribution >= 0.6 is 0 Å². The third-order valence-corrected chi connectivity index (χ3v) is 5.47. The number of benzene rings is 1. The zero-order valence-corrected chi connectivity index (χ0v) is 13.2. The van der Waals surface area contributed by atoms with Gasteiger partial charge in [0, 0.05) is 12.8 Å². The van der Waals surface area contributed by atoms with Crippen LogP contribution in [0.25, 0.3) is 0 Å². The van der Waals surface area contributed by atoms with Crippen molar-refractivity contribution in [2.24, 2.45) is 0 Å². The lowest BCUT2D eigenvalue weighted by molar-refractivity contribution is 0.575. The van der Waals surface area contributed by atoms with Gasteiger partial charge in [0.05, 0.1) is 10.6 Å². The van der Waals surface area contributed by atoms with Gasteiger partial charge in [-0.05, 0) is 43.5 Å². The number of sulfone groups is 1. The molecule has 1 N–H and O–H groups in total. The highest BCUT2D eigenvalue weighted by Crippen LogP contribution is 2.21. The van der Waals surface area contributed by atoms with Gasteiger partial charge in [0.1, 0.15) is 15.7 Å². The molecule has 0 aliphatic heterocycles. The van der Waals surface area contributed by atoms with Crippen LogP contribution in [0.3, 0.4) is 0 Å². The van der Waals surface area contributed by atoms with E-state index in [0.717, 1.165) is 18.4 Å². The van der Waals surface area contributed by atoms with Crippen LogP contribution in [-0.2, 0) is 19.9 Å². The van der Waals surface area contributed by atoms with Gasteiger partial charge < -0.3 is 0 Å². The maximum atomic E-state index is 13.2. The Bertz CT molecular complexity index is 673. The minimum absolute atomic E-state index is 0.0195. The molecule has 1 aromatic carbocycles. The van der Waals surface area contributed by atoms with Gasteiger partial charge in [-0.25, -0.2) is 25.9 Å². The predicted molar refractivity (Wildman–Crippen MR) is 75.4 cm³/mol. The summed E-state index contributed by atoms with van der Waals surface area (Å²) in [5, 5.41) is 0. The summed E-state index contributed by atoms with van der Waals surface area (Å²) in [5.74, 6) is -0.576. The second kappa shape index (κ2) is 6.19. The van der Waals surface area contributed by atoms with Crippen molar-refractivity contribution < 1.29 is 21.2 Å². The Kier molecular flexibility index (Phi) is 5.28. The van der Waals surface area contributed by atoms with Gasteiger partial charge in [0.25, 0.3) is 0 Å². The first-order valence-electron chi connectivity index (χ1n) is 5.97. The summed E-state index contributed by atoms with van der Waals surface area (Å²) in [5.41, 5.74) is 0.635. The van der Waals surface area contributed by atoms with E-state index < -0.39 is 25.7 Å². The van der Waals surface area contributed by atoms with E-state index in [1.165, 1.54) is 13.8 Å². The Balaban J connectivity index is 2.85. The van der Waals surface area contributed by atoms with Crippen LogP contribution in [0.5, 0.6) is 0 Å². The molecule has 0 aromatic heterocycles. The van der Waals surface area contributed by atoms with Crippen LogP contribution in [0.1, 0.15) is 17.5 Å². The summed E-state index contributed by atoms with van der Waals surface area (Å²) in [6.45, 7) is 3.05. The molecule has 0 unspecified atom stereocenters. The summed E-state index contributed by atoms with van der Waals surface area (Å²) in [6, 6.07) is 2.30. The molecular weight excluding hydrogens is 305 g/mol. The third-order valence-electron chi connectivity index (χ3n) is 2.68. The molecule has 0 bridgehead atoms. The number of halogens is 1. The minimum Gasteiger partial charge on any atom is -0.229 e. The van der Waals surface area contributed by atoms with Crippen molar-refractivity contribution >= 4 is 19.9 Å². The van der Waals surface area contributed by atoms with Gasteiger partial charge in [0.2, 0.25) is 10.0 Å². The second-order valence-corrected chi connectivity index (χ2v) is 8.71. The third kappa shape index (κ3) is 4.84. The van der Waals surface area contributed by atoms with Crippen molar-refractivity contribution in [3.8, 4) is 0 Å². The Morgan fingerprint density at radius 1 is 1.10 bits per heavy atom. The maximum absolute atomic E-state index is 13.2. The van der Waals surface area contributed by atoms with Crippen LogP contribution in [0.2, 0.25) is 0 Å². The Morgan fingerprint density at radius 3 is 2.05 bits per heavy atom. The van der Waals surface area contributed by atoms with Gasteiger partial charge in [-0.1, -0.05) is 0 Å². The second-order valence-electron chi connectivity index (χ2n) is 4.75. The molecule has 0 amide bonds. The number of aryl methyl sites for hydroxylation is 2. The van der Waals surface area contributed by atoms with Crippen LogP contribution in [0.4, 0.5) is 4.39 Å². The van der Waals surface area contributed by atoms with Gasteiger partial charge in [0.15, 0.2) is 0 Å². The highest BCUT2D eigenvalue weighted by Gasteiger charge is 2.20. The van der Waals surface area contributed by atoms with E-state index in [0.29, 0.717) is 11.1 Å². The van der Waals surface area contributed by atoms with Crippen LogP contribution in [0, 0.1) is 19.7 Å². The Morgan fingerprint density at radius 2 is 1.60 bits per heavy atom. The van der Waals surface area contributed by atoms with Crippen LogP contribution in [0.15, 0.2) is 17.0 Å². The topological polar surface area (TPSA) is 80.3 Å². The van der Waals surface area contributed by atoms with Crippen molar-refractivity contribution in [3.05, 3.63) is 29.1 Å². The van der Waals surface area contributed by atoms with Gasteiger partial charge in [-0.15, -0.1) is 0 Å². The fourth-order valence-electron chi connectivity index (χ4n) is 1.93. The molecule has 5 nitrogen and oxygen atoms in total. The molecule has 114 valence electrons. The van der Waals surface area contributed by atoms with Gasteiger partial charge in [-0.2, -0.15) is 0 Å². The smallest absolute Gasteiger partial charge is 0.229 e. The summed E-state index contributed by atoms with van der Waals surface area (Å²) in [4.78, 5) is 0.0401. The van der Waals surface area contributed by atoms with E-state index in [-0.39, 0.29) is 23.6 Å². The first-order chi connectivity index (χ1) is 9.03. The first kappa shape index (κ1) is 17.1. The van der Waals surface area contributed by atoms with E-state index in [1.54, 1.807) is 0 Å². The normalized spacial score (nSPS) is 12.6. The molecule has 0 radical (unpaired) electrons. The molecule has 0 fully saturated rings. The van der Waals surface area contributed by atoms with E-state index in [1.807, 2.05) is 0 Å². The summed E-state index contributed by atoms with van der Waals surface area (Å²) < 4.78 is 61.6. The zero-order chi connectivity index (χ0) is 15.6. The Hall–Kier alpha value is -0.990. The molecule has 1 rings (SSSR count). The van der Waals surface area contributed by atoms with Crippen molar-refractivity contribution in [1.29, 1.82) is 0 Å².